The Kier molecular flexibility index (Phi) is 4.55. The summed E-state index contributed by atoms with van der Waals surface area (Å²) in [5.74, 6) is 0.968. The Morgan fingerprint density at radius 1 is 1.30 bits per heavy atom. The minimum Gasteiger partial charge on any atom is -0.391 e. The van der Waals surface area contributed by atoms with E-state index >= 15 is 0 Å². The molecule has 1 aromatic heterocycles. The summed E-state index contributed by atoms with van der Waals surface area (Å²) < 4.78 is 5.15. The summed E-state index contributed by atoms with van der Waals surface area (Å²) in [5, 5.41) is 10.4. The largest absolute Gasteiger partial charge is 0.391 e. The summed E-state index contributed by atoms with van der Waals surface area (Å²) in [7, 11) is 1.66. The van der Waals surface area contributed by atoms with Crippen molar-refractivity contribution in [3.63, 3.8) is 0 Å². The van der Waals surface area contributed by atoms with Gasteiger partial charge in [0.15, 0.2) is 5.13 Å². The number of nitrogens with zero attached hydrogens (tertiary/aromatic N) is 3. The van der Waals surface area contributed by atoms with Gasteiger partial charge in [0.05, 0.1) is 23.8 Å². The molecule has 0 amide bonds. The maximum absolute atomic E-state index is 9.39. The molecule has 1 saturated carbocycles. The van der Waals surface area contributed by atoms with Crippen molar-refractivity contribution in [1.82, 2.24) is 9.88 Å². The van der Waals surface area contributed by atoms with E-state index < -0.39 is 0 Å². The number of aliphatic hydroxyl groups is 1. The van der Waals surface area contributed by atoms with Crippen molar-refractivity contribution in [1.29, 1.82) is 0 Å². The molecule has 1 aromatic rings. The van der Waals surface area contributed by atoms with Crippen molar-refractivity contribution >= 4 is 16.5 Å². The first-order chi connectivity index (χ1) is 9.80. The van der Waals surface area contributed by atoms with Crippen molar-refractivity contribution in [3.8, 4) is 0 Å². The first-order valence-corrected chi connectivity index (χ1v) is 8.17. The third kappa shape index (κ3) is 3.31. The van der Waals surface area contributed by atoms with Crippen LogP contribution in [0.1, 0.15) is 23.4 Å². The predicted octanol–water partition coefficient (Wildman–Crippen LogP) is 1.31. The molecule has 0 radical (unpaired) electrons. The summed E-state index contributed by atoms with van der Waals surface area (Å²) in [4.78, 5) is 10.5. The third-order valence-electron chi connectivity index (χ3n) is 4.05. The van der Waals surface area contributed by atoms with Gasteiger partial charge in [0.25, 0.3) is 0 Å². The number of hydrogen-bond donors (Lipinski definition) is 1. The number of thiazole rings is 1. The lowest BCUT2D eigenvalue weighted by molar-refractivity contribution is 0.179. The molecular weight excluding hydrogens is 274 g/mol. The highest BCUT2D eigenvalue weighted by Crippen LogP contribution is 2.31. The summed E-state index contributed by atoms with van der Waals surface area (Å²) >= 11 is 1.60. The van der Waals surface area contributed by atoms with Crippen LogP contribution < -0.4 is 4.90 Å². The molecular formula is C14H23N3O2S. The summed E-state index contributed by atoms with van der Waals surface area (Å²) in [6, 6.07) is 0. The molecule has 3 rings (SSSR count). The monoisotopic (exact) mass is 297 g/mol. The van der Waals surface area contributed by atoms with E-state index in [1.54, 1.807) is 18.4 Å². The standard InChI is InChI=1S/C14H23N3O2S/c1-19-10-12-13(9-18)20-14(15-12)17-6-4-16(5-7-17)8-11-2-3-11/h11,18H,2-10H2,1H3. The molecule has 0 aromatic carbocycles. The fraction of sp³-hybridized carbons (Fsp3) is 0.786. The van der Waals surface area contributed by atoms with Gasteiger partial charge in [0, 0.05) is 39.8 Å². The lowest BCUT2D eigenvalue weighted by Gasteiger charge is -2.34. The maximum Gasteiger partial charge on any atom is 0.186 e. The van der Waals surface area contributed by atoms with Crippen LogP contribution >= 0.6 is 11.3 Å². The topological polar surface area (TPSA) is 48.8 Å². The number of piperazine rings is 1. The van der Waals surface area contributed by atoms with Crippen molar-refractivity contribution < 1.29 is 9.84 Å². The molecule has 1 aliphatic carbocycles. The van der Waals surface area contributed by atoms with Crippen molar-refractivity contribution in [2.24, 2.45) is 5.92 Å². The SMILES string of the molecule is COCc1nc(N2CCN(CC3CC3)CC2)sc1CO. The summed E-state index contributed by atoms with van der Waals surface area (Å²) in [5.41, 5.74) is 0.885. The van der Waals surface area contributed by atoms with Gasteiger partial charge in [-0.2, -0.15) is 0 Å². The fourth-order valence-electron chi connectivity index (χ4n) is 2.67. The highest BCUT2D eigenvalue weighted by atomic mass is 32.1. The van der Waals surface area contributed by atoms with Gasteiger partial charge in [-0.05, 0) is 18.8 Å². The average Bonchev–Trinajstić information content (AvgIpc) is 3.18. The third-order valence-corrected chi connectivity index (χ3v) is 5.19. The highest BCUT2D eigenvalue weighted by molar-refractivity contribution is 7.15. The van der Waals surface area contributed by atoms with E-state index in [0.717, 1.165) is 47.8 Å². The zero-order valence-electron chi connectivity index (χ0n) is 12.0. The number of ether oxygens (including phenoxy) is 1. The smallest absolute Gasteiger partial charge is 0.186 e. The second-order valence-electron chi connectivity index (χ2n) is 5.69. The van der Waals surface area contributed by atoms with Crippen LogP contribution in [0.4, 0.5) is 5.13 Å². The van der Waals surface area contributed by atoms with E-state index in [-0.39, 0.29) is 6.61 Å². The number of aliphatic hydroxyl groups excluding tert-OH is 1. The minimum absolute atomic E-state index is 0.0536. The lowest BCUT2D eigenvalue weighted by atomic mass is 10.3. The Morgan fingerprint density at radius 3 is 2.65 bits per heavy atom. The molecule has 2 heterocycles. The van der Waals surface area contributed by atoms with E-state index in [1.165, 1.54) is 19.4 Å². The van der Waals surface area contributed by atoms with E-state index in [2.05, 4.69) is 14.8 Å². The Labute approximate surface area is 124 Å². The normalized spacial score (nSPS) is 20.6. The molecule has 2 fully saturated rings. The van der Waals surface area contributed by atoms with Gasteiger partial charge in [-0.3, -0.25) is 4.90 Å². The van der Waals surface area contributed by atoms with Gasteiger partial charge in [-0.25, -0.2) is 4.98 Å². The van der Waals surface area contributed by atoms with Crippen LogP contribution in [0.15, 0.2) is 0 Å². The Morgan fingerprint density at radius 2 is 2.05 bits per heavy atom. The molecule has 0 spiro atoms. The second kappa shape index (κ2) is 6.39. The quantitative estimate of drug-likeness (QED) is 0.858. The van der Waals surface area contributed by atoms with Crippen LogP contribution in [0.5, 0.6) is 0 Å². The molecule has 1 aliphatic heterocycles. The first-order valence-electron chi connectivity index (χ1n) is 7.36. The summed E-state index contributed by atoms with van der Waals surface area (Å²) in [6.45, 7) is 6.15. The van der Waals surface area contributed by atoms with Crippen molar-refractivity contribution in [2.45, 2.75) is 26.1 Å². The van der Waals surface area contributed by atoms with Crippen molar-refractivity contribution in [2.75, 3.05) is 44.7 Å². The van der Waals surface area contributed by atoms with Crippen LogP contribution in [0, 0.1) is 5.92 Å². The van der Waals surface area contributed by atoms with Gasteiger partial charge < -0.3 is 14.7 Å². The summed E-state index contributed by atoms with van der Waals surface area (Å²) in [6.07, 6.45) is 2.85. The van der Waals surface area contributed by atoms with E-state index in [9.17, 15) is 5.11 Å². The Bertz CT molecular complexity index is 440. The number of anilines is 1. The molecule has 6 heteroatoms. The molecule has 5 nitrogen and oxygen atoms in total. The molecule has 20 heavy (non-hydrogen) atoms. The van der Waals surface area contributed by atoms with Crippen LogP contribution in [0.2, 0.25) is 0 Å². The van der Waals surface area contributed by atoms with Gasteiger partial charge >= 0.3 is 0 Å². The zero-order chi connectivity index (χ0) is 13.9. The van der Waals surface area contributed by atoms with E-state index in [1.807, 2.05) is 0 Å². The molecule has 0 unspecified atom stereocenters. The number of hydrogen-bond acceptors (Lipinski definition) is 6. The highest BCUT2D eigenvalue weighted by Gasteiger charge is 2.27. The van der Waals surface area contributed by atoms with Crippen LogP contribution in [-0.4, -0.2) is 54.8 Å². The number of aromatic nitrogens is 1. The van der Waals surface area contributed by atoms with Crippen LogP contribution in [0.3, 0.4) is 0 Å². The molecule has 1 N–H and O–H groups in total. The zero-order valence-corrected chi connectivity index (χ0v) is 12.9. The Balaban J connectivity index is 1.59. The minimum atomic E-state index is 0.0536. The van der Waals surface area contributed by atoms with Gasteiger partial charge in [-0.1, -0.05) is 11.3 Å². The van der Waals surface area contributed by atoms with Gasteiger partial charge in [0.1, 0.15) is 0 Å². The predicted molar refractivity (Wildman–Crippen MR) is 80.1 cm³/mol. The van der Waals surface area contributed by atoms with E-state index in [0.29, 0.717) is 6.61 Å². The first kappa shape index (κ1) is 14.3. The Hall–Kier alpha value is -0.690. The van der Waals surface area contributed by atoms with Crippen molar-refractivity contribution in [3.05, 3.63) is 10.6 Å². The average molecular weight is 297 g/mol. The number of methoxy groups -OCH3 is 1. The molecule has 112 valence electrons. The van der Waals surface area contributed by atoms with Crippen LogP contribution in [-0.2, 0) is 18.0 Å². The molecule has 0 atom stereocenters. The maximum atomic E-state index is 9.39. The lowest BCUT2D eigenvalue weighted by Crippen LogP contribution is -2.47. The fourth-order valence-corrected chi connectivity index (χ4v) is 3.64. The molecule has 2 aliphatic rings. The molecule has 1 saturated heterocycles. The number of rotatable bonds is 6. The van der Waals surface area contributed by atoms with Gasteiger partial charge in [0.2, 0.25) is 0 Å². The second-order valence-corrected chi connectivity index (χ2v) is 6.75. The van der Waals surface area contributed by atoms with Gasteiger partial charge in [-0.15, -0.1) is 0 Å². The molecule has 0 bridgehead atoms. The van der Waals surface area contributed by atoms with Crippen LogP contribution in [0.25, 0.3) is 0 Å². The van der Waals surface area contributed by atoms with E-state index in [4.69, 9.17) is 4.74 Å².